The fourth-order valence-electron chi connectivity index (χ4n) is 2.94. The minimum atomic E-state index is 0.0481. The Kier molecular flexibility index (Phi) is 5.63. The number of carbonyl (C=O) groups excluding carboxylic acids is 1. The molecule has 0 aromatic carbocycles. The molecule has 1 rings (SSSR count). The molecule has 0 bridgehead atoms. The maximum Gasteiger partial charge on any atom is 0.226 e. The quantitative estimate of drug-likeness (QED) is 0.347. The van der Waals surface area contributed by atoms with E-state index in [1.54, 1.807) is 4.90 Å². The highest BCUT2D eigenvalue weighted by Crippen LogP contribution is 2.41. The van der Waals surface area contributed by atoms with E-state index in [0.717, 1.165) is 25.7 Å². The van der Waals surface area contributed by atoms with E-state index in [2.05, 4.69) is 19.0 Å². The molecule has 1 fully saturated rings. The van der Waals surface area contributed by atoms with Gasteiger partial charge in [0.25, 0.3) is 0 Å². The summed E-state index contributed by atoms with van der Waals surface area (Å²) in [6.45, 7) is 7.24. The van der Waals surface area contributed by atoms with Crippen LogP contribution in [0.4, 0.5) is 0 Å². The second kappa shape index (κ2) is 6.78. The van der Waals surface area contributed by atoms with Crippen molar-refractivity contribution in [3.63, 3.8) is 0 Å². The molecule has 0 saturated heterocycles. The van der Waals surface area contributed by atoms with Crippen molar-refractivity contribution in [3.8, 4) is 0 Å². The number of nitrogens with two attached hydrogens (primary N) is 1. The molecule has 0 heterocycles. The zero-order valence-corrected chi connectivity index (χ0v) is 12.4. The van der Waals surface area contributed by atoms with Gasteiger partial charge in [0.1, 0.15) is 0 Å². The number of rotatable bonds is 5. The molecule has 1 atom stereocenters. The number of hydrogen-bond donors (Lipinski definition) is 2. The van der Waals surface area contributed by atoms with Gasteiger partial charge in [-0.25, -0.2) is 0 Å². The van der Waals surface area contributed by atoms with Crippen LogP contribution in [-0.4, -0.2) is 34.9 Å². The number of amides is 1. The van der Waals surface area contributed by atoms with Gasteiger partial charge in [0, 0.05) is 12.5 Å². The van der Waals surface area contributed by atoms with E-state index >= 15 is 0 Å². The lowest BCUT2D eigenvalue weighted by Crippen LogP contribution is -2.47. The summed E-state index contributed by atoms with van der Waals surface area (Å²) in [7, 11) is 0. The van der Waals surface area contributed by atoms with E-state index in [9.17, 15) is 4.79 Å². The number of hydrogen-bond acceptors (Lipinski definition) is 3. The summed E-state index contributed by atoms with van der Waals surface area (Å²) in [5.74, 6) is 0.299. The van der Waals surface area contributed by atoms with E-state index in [0.29, 0.717) is 6.54 Å². The minimum Gasteiger partial charge on any atom is -0.409 e. The molecule has 1 aliphatic carbocycles. The molecule has 3 N–H and O–H groups in total. The molecular weight excluding hydrogens is 242 g/mol. The highest BCUT2D eigenvalue weighted by atomic mass is 16.4. The summed E-state index contributed by atoms with van der Waals surface area (Å²) in [6.07, 6.45) is 5.22. The van der Waals surface area contributed by atoms with Crippen molar-refractivity contribution in [2.75, 3.05) is 13.1 Å². The molecular formula is C14H27N3O2. The van der Waals surface area contributed by atoms with Gasteiger partial charge < -0.3 is 15.8 Å². The van der Waals surface area contributed by atoms with Gasteiger partial charge in [-0.15, -0.1) is 0 Å². The summed E-state index contributed by atoms with van der Waals surface area (Å²) < 4.78 is 0. The Morgan fingerprint density at radius 2 is 2.16 bits per heavy atom. The van der Waals surface area contributed by atoms with E-state index < -0.39 is 0 Å². The van der Waals surface area contributed by atoms with Crippen LogP contribution < -0.4 is 5.73 Å². The smallest absolute Gasteiger partial charge is 0.226 e. The molecule has 0 radical (unpaired) electrons. The van der Waals surface area contributed by atoms with Crippen LogP contribution in [0.15, 0.2) is 5.16 Å². The van der Waals surface area contributed by atoms with Crippen molar-refractivity contribution in [3.05, 3.63) is 0 Å². The number of nitrogens with zero attached hydrogens (tertiary/aromatic N) is 2. The molecule has 19 heavy (non-hydrogen) atoms. The molecule has 0 aromatic heterocycles. The first-order valence-electron chi connectivity index (χ1n) is 7.17. The van der Waals surface area contributed by atoms with Crippen LogP contribution in [0.1, 0.15) is 52.9 Å². The van der Waals surface area contributed by atoms with Gasteiger partial charge in [-0.2, -0.15) is 0 Å². The largest absolute Gasteiger partial charge is 0.409 e. The van der Waals surface area contributed by atoms with Crippen LogP contribution >= 0.6 is 0 Å². The zero-order valence-electron chi connectivity index (χ0n) is 12.4. The second-order valence-corrected chi connectivity index (χ2v) is 6.14. The Labute approximate surface area is 115 Å². The number of carbonyl (C=O) groups is 1. The third-order valence-corrected chi connectivity index (χ3v) is 4.09. The van der Waals surface area contributed by atoms with E-state index in [-0.39, 0.29) is 29.6 Å². The Morgan fingerprint density at radius 3 is 2.68 bits per heavy atom. The lowest BCUT2D eigenvalue weighted by atomic mass is 9.68. The van der Waals surface area contributed by atoms with Crippen LogP contribution in [0, 0.1) is 11.3 Å². The molecule has 5 nitrogen and oxygen atoms in total. The zero-order chi connectivity index (χ0) is 14.5. The second-order valence-electron chi connectivity index (χ2n) is 6.14. The van der Waals surface area contributed by atoms with E-state index in [4.69, 9.17) is 10.9 Å². The minimum absolute atomic E-state index is 0.0481. The van der Waals surface area contributed by atoms with Crippen LogP contribution in [0.25, 0.3) is 0 Å². The van der Waals surface area contributed by atoms with Crippen LogP contribution in [0.3, 0.4) is 0 Å². The third kappa shape index (κ3) is 4.11. The van der Waals surface area contributed by atoms with Gasteiger partial charge in [-0.05, 0) is 24.7 Å². The first-order valence-corrected chi connectivity index (χ1v) is 7.17. The topological polar surface area (TPSA) is 78.9 Å². The SMILES string of the molecule is CCCN(CC(N)=NO)C(=O)C1CCCCC1(C)C. The highest BCUT2D eigenvalue weighted by Gasteiger charge is 2.39. The van der Waals surface area contributed by atoms with Crippen molar-refractivity contribution in [1.82, 2.24) is 4.90 Å². The Hall–Kier alpha value is -1.26. The van der Waals surface area contributed by atoms with Gasteiger partial charge in [-0.3, -0.25) is 4.79 Å². The molecule has 110 valence electrons. The lowest BCUT2D eigenvalue weighted by Gasteiger charge is -2.40. The maximum absolute atomic E-state index is 12.7. The van der Waals surface area contributed by atoms with Crippen LogP contribution in [0.2, 0.25) is 0 Å². The molecule has 1 saturated carbocycles. The summed E-state index contributed by atoms with van der Waals surface area (Å²) in [6, 6.07) is 0. The predicted octanol–water partition coefficient (Wildman–Crippen LogP) is 2.19. The van der Waals surface area contributed by atoms with Gasteiger partial charge in [0.15, 0.2) is 5.84 Å². The molecule has 0 aromatic rings. The van der Waals surface area contributed by atoms with Crippen molar-refractivity contribution in [2.24, 2.45) is 22.2 Å². The summed E-state index contributed by atoms with van der Waals surface area (Å²) in [5, 5.41) is 11.6. The van der Waals surface area contributed by atoms with E-state index in [1.807, 2.05) is 6.92 Å². The van der Waals surface area contributed by atoms with E-state index in [1.165, 1.54) is 6.42 Å². The van der Waals surface area contributed by atoms with Gasteiger partial charge in [0.2, 0.25) is 5.91 Å². The summed E-state index contributed by atoms with van der Waals surface area (Å²) >= 11 is 0. The van der Waals surface area contributed by atoms with Crippen LogP contribution in [0.5, 0.6) is 0 Å². The monoisotopic (exact) mass is 269 g/mol. The van der Waals surface area contributed by atoms with Gasteiger partial charge in [-0.1, -0.05) is 38.8 Å². The van der Waals surface area contributed by atoms with Crippen molar-refractivity contribution < 1.29 is 10.0 Å². The predicted molar refractivity (Wildman–Crippen MR) is 76.0 cm³/mol. The first kappa shape index (κ1) is 15.8. The maximum atomic E-state index is 12.7. The summed E-state index contributed by atoms with van der Waals surface area (Å²) in [4.78, 5) is 14.4. The van der Waals surface area contributed by atoms with Gasteiger partial charge in [0.05, 0.1) is 6.54 Å². The number of oxime groups is 1. The Morgan fingerprint density at radius 1 is 1.47 bits per heavy atom. The normalized spacial score (nSPS) is 23.1. The Bertz CT molecular complexity index is 340. The molecule has 1 unspecified atom stereocenters. The molecule has 0 spiro atoms. The van der Waals surface area contributed by atoms with Crippen molar-refractivity contribution in [1.29, 1.82) is 0 Å². The average molecular weight is 269 g/mol. The molecule has 1 aliphatic rings. The van der Waals surface area contributed by atoms with Crippen LogP contribution in [-0.2, 0) is 4.79 Å². The number of amidine groups is 1. The molecule has 0 aliphatic heterocycles. The standard InChI is InChI=1S/C14H27N3O2/c1-4-9-17(10-12(15)16-19)13(18)11-7-5-6-8-14(11,2)3/h11,19H,4-10H2,1-3H3,(H2,15,16). The highest BCUT2D eigenvalue weighted by molar-refractivity contribution is 5.88. The lowest BCUT2D eigenvalue weighted by molar-refractivity contribution is -0.140. The summed E-state index contributed by atoms with van der Waals surface area (Å²) in [5.41, 5.74) is 5.59. The average Bonchev–Trinajstić information content (AvgIpc) is 2.36. The first-order chi connectivity index (χ1) is 8.92. The third-order valence-electron chi connectivity index (χ3n) is 4.09. The fourth-order valence-corrected chi connectivity index (χ4v) is 2.94. The van der Waals surface area contributed by atoms with Crippen molar-refractivity contribution >= 4 is 11.7 Å². The van der Waals surface area contributed by atoms with Gasteiger partial charge >= 0.3 is 0 Å². The fraction of sp³-hybridized carbons (Fsp3) is 0.857. The molecule has 5 heteroatoms. The Balaban J connectivity index is 2.80. The van der Waals surface area contributed by atoms with Crippen molar-refractivity contribution in [2.45, 2.75) is 52.9 Å². The molecule has 1 amide bonds.